The topological polar surface area (TPSA) is 81.5 Å². The van der Waals surface area contributed by atoms with Crippen LogP contribution in [0.25, 0.3) is 0 Å². The molecule has 108 valence electrons. The predicted octanol–water partition coefficient (Wildman–Crippen LogP) is 0.420. The highest BCUT2D eigenvalue weighted by Crippen LogP contribution is 2.27. The number of amides is 1. The summed E-state index contributed by atoms with van der Waals surface area (Å²) in [7, 11) is -1.96. The Bertz CT molecular complexity index is 451. The molecule has 1 fully saturated rings. The molecule has 0 aliphatic heterocycles. The van der Waals surface area contributed by atoms with Crippen molar-refractivity contribution in [2.24, 2.45) is 5.92 Å². The number of nitrogens with zero attached hydrogens (tertiary/aromatic N) is 3. The highest BCUT2D eigenvalue weighted by atomic mass is 32.2. The minimum atomic E-state index is -3.35. The molecule has 0 bridgehead atoms. The van der Waals surface area contributed by atoms with E-state index in [9.17, 15) is 13.2 Å². The smallest absolute Gasteiger partial charge is 0.237 e. The van der Waals surface area contributed by atoms with E-state index in [1.165, 1.54) is 13.5 Å². The summed E-state index contributed by atoms with van der Waals surface area (Å²) in [6, 6.07) is 2.02. The average Bonchev–Trinajstić information content (AvgIpc) is 2.25. The van der Waals surface area contributed by atoms with Crippen molar-refractivity contribution in [1.82, 2.24) is 9.21 Å². The number of nitriles is 1. The Balaban J connectivity index is 2.57. The summed E-state index contributed by atoms with van der Waals surface area (Å²) >= 11 is 0. The molecule has 1 rings (SSSR count). The standard InChI is InChI=1S/C12H21N3O3S/c1-14(19(2,17)18)10-12(16)15(8-4-7-13)9-11-5-3-6-11/h11H,3-6,8-10H2,1-2H3. The summed E-state index contributed by atoms with van der Waals surface area (Å²) in [5.41, 5.74) is 0. The van der Waals surface area contributed by atoms with Gasteiger partial charge in [0.1, 0.15) is 0 Å². The van der Waals surface area contributed by atoms with E-state index in [-0.39, 0.29) is 18.9 Å². The van der Waals surface area contributed by atoms with Crippen molar-refractivity contribution < 1.29 is 13.2 Å². The van der Waals surface area contributed by atoms with E-state index in [0.717, 1.165) is 23.4 Å². The number of hydrogen-bond donors (Lipinski definition) is 0. The quantitative estimate of drug-likeness (QED) is 0.679. The van der Waals surface area contributed by atoms with Gasteiger partial charge in [0.05, 0.1) is 25.3 Å². The minimum absolute atomic E-state index is 0.156. The molecular formula is C12H21N3O3S. The van der Waals surface area contributed by atoms with Gasteiger partial charge in [0.15, 0.2) is 0 Å². The molecule has 7 heteroatoms. The van der Waals surface area contributed by atoms with Gasteiger partial charge in [0, 0.05) is 20.1 Å². The second-order valence-corrected chi connectivity index (χ2v) is 7.15. The van der Waals surface area contributed by atoms with Crippen molar-refractivity contribution >= 4 is 15.9 Å². The second kappa shape index (κ2) is 6.87. The van der Waals surface area contributed by atoms with Gasteiger partial charge < -0.3 is 4.90 Å². The van der Waals surface area contributed by atoms with E-state index < -0.39 is 10.0 Å². The maximum atomic E-state index is 12.1. The zero-order chi connectivity index (χ0) is 14.5. The Kier molecular flexibility index (Phi) is 5.76. The van der Waals surface area contributed by atoms with Crippen molar-refractivity contribution in [2.45, 2.75) is 25.7 Å². The van der Waals surface area contributed by atoms with Crippen LogP contribution < -0.4 is 0 Å². The number of sulfonamides is 1. The molecule has 0 radical (unpaired) electrons. The highest BCUT2D eigenvalue weighted by molar-refractivity contribution is 7.88. The summed E-state index contributed by atoms with van der Waals surface area (Å²) in [6.07, 6.45) is 4.76. The lowest BCUT2D eigenvalue weighted by Gasteiger charge is -2.32. The number of hydrogen-bond acceptors (Lipinski definition) is 4. The number of rotatable bonds is 7. The lowest BCUT2D eigenvalue weighted by Crippen LogP contribution is -2.44. The lowest BCUT2D eigenvalue weighted by atomic mass is 9.85. The van der Waals surface area contributed by atoms with Crippen LogP contribution in [0.15, 0.2) is 0 Å². The van der Waals surface area contributed by atoms with Crippen LogP contribution in [0, 0.1) is 17.2 Å². The predicted molar refractivity (Wildman–Crippen MR) is 71.6 cm³/mol. The first-order chi connectivity index (χ1) is 8.84. The molecule has 1 aliphatic carbocycles. The Morgan fingerprint density at radius 1 is 1.42 bits per heavy atom. The number of likely N-dealkylation sites (N-methyl/N-ethyl adjacent to an activating group) is 1. The molecular weight excluding hydrogens is 266 g/mol. The third kappa shape index (κ3) is 5.17. The summed E-state index contributed by atoms with van der Waals surface area (Å²) < 4.78 is 23.6. The Hall–Kier alpha value is -1.13. The van der Waals surface area contributed by atoms with E-state index in [2.05, 4.69) is 0 Å². The summed E-state index contributed by atoms with van der Waals surface area (Å²) in [4.78, 5) is 13.7. The molecule has 0 saturated heterocycles. The monoisotopic (exact) mass is 287 g/mol. The molecule has 0 heterocycles. The van der Waals surface area contributed by atoms with Gasteiger partial charge in [-0.05, 0) is 18.8 Å². The number of carbonyl (C=O) groups is 1. The normalized spacial score (nSPS) is 15.9. The molecule has 0 aromatic carbocycles. The summed E-state index contributed by atoms with van der Waals surface area (Å²) in [5.74, 6) is 0.279. The maximum absolute atomic E-state index is 12.1. The Morgan fingerprint density at radius 2 is 2.05 bits per heavy atom. The molecule has 1 saturated carbocycles. The molecule has 0 N–H and O–H groups in total. The Morgan fingerprint density at radius 3 is 2.47 bits per heavy atom. The summed E-state index contributed by atoms with van der Waals surface area (Å²) in [6.45, 7) is 0.860. The van der Waals surface area contributed by atoms with Crippen LogP contribution in [-0.4, -0.2) is 56.5 Å². The Labute approximate surface area is 115 Å². The summed E-state index contributed by atoms with van der Waals surface area (Å²) in [5, 5.41) is 8.62. The molecule has 6 nitrogen and oxygen atoms in total. The molecule has 0 unspecified atom stereocenters. The van der Waals surface area contributed by atoms with Crippen LogP contribution in [0.1, 0.15) is 25.7 Å². The van der Waals surface area contributed by atoms with Crippen LogP contribution in [0.2, 0.25) is 0 Å². The first-order valence-corrected chi connectivity index (χ1v) is 8.25. The fraction of sp³-hybridized carbons (Fsp3) is 0.833. The molecule has 0 atom stereocenters. The largest absolute Gasteiger partial charge is 0.340 e. The molecule has 0 spiro atoms. The minimum Gasteiger partial charge on any atom is -0.340 e. The highest BCUT2D eigenvalue weighted by Gasteiger charge is 2.25. The van der Waals surface area contributed by atoms with Gasteiger partial charge >= 0.3 is 0 Å². The van der Waals surface area contributed by atoms with E-state index in [4.69, 9.17) is 5.26 Å². The van der Waals surface area contributed by atoms with Gasteiger partial charge in [-0.25, -0.2) is 8.42 Å². The maximum Gasteiger partial charge on any atom is 0.237 e. The van der Waals surface area contributed by atoms with Gasteiger partial charge in [-0.15, -0.1) is 0 Å². The van der Waals surface area contributed by atoms with Crippen molar-refractivity contribution in [3.8, 4) is 6.07 Å². The zero-order valence-electron chi connectivity index (χ0n) is 11.5. The van der Waals surface area contributed by atoms with Gasteiger partial charge in [-0.3, -0.25) is 4.79 Å². The molecule has 0 aromatic rings. The van der Waals surface area contributed by atoms with Crippen LogP contribution in [-0.2, 0) is 14.8 Å². The van der Waals surface area contributed by atoms with Crippen LogP contribution >= 0.6 is 0 Å². The van der Waals surface area contributed by atoms with E-state index in [0.29, 0.717) is 19.0 Å². The molecule has 1 aliphatic rings. The van der Waals surface area contributed by atoms with Crippen molar-refractivity contribution in [2.75, 3.05) is 32.9 Å². The van der Waals surface area contributed by atoms with Crippen LogP contribution in [0.5, 0.6) is 0 Å². The van der Waals surface area contributed by atoms with Gasteiger partial charge in [0.25, 0.3) is 0 Å². The third-order valence-electron chi connectivity index (χ3n) is 3.47. The SMILES string of the molecule is CN(CC(=O)N(CCC#N)CC1CCC1)S(C)(=O)=O. The number of carbonyl (C=O) groups excluding carboxylic acids is 1. The van der Waals surface area contributed by atoms with Crippen molar-refractivity contribution in [3.63, 3.8) is 0 Å². The molecule has 1 amide bonds. The second-order valence-electron chi connectivity index (χ2n) is 5.06. The first-order valence-electron chi connectivity index (χ1n) is 6.40. The average molecular weight is 287 g/mol. The first kappa shape index (κ1) is 15.9. The fourth-order valence-electron chi connectivity index (χ4n) is 1.90. The third-order valence-corrected chi connectivity index (χ3v) is 4.74. The van der Waals surface area contributed by atoms with Gasteiger partial charge in [0.2, 0.25) is 15.9 Å². The van der Waals surface area contributed by atoms with Crippen molar-refractivity contribution in [1.29, 1.82) is 5.26 Å². The van der Waals surface area contributed by atoms with Gasteiger partial charge in [-0.2, -0.15) is 9.57 Å². The van der Waals surface area contributed by atoms with Crippen molar-refractivity contribution in [3.05, 3.63) is 0 Å². The van der Waals surface area contributed by atoms with Crippen LogP contribution in [0.4, 0.5) is 0 Å². The molecule has 0 aromatic heterocycles. The lowest BCUT2D eigenvalue weighted by molar-refractivity contribution is -0.132. The van der Waals surface area contributed by atoms with Gasteiger partial charge in [-0.1, -0.05) is 6.42 Å². The van der Waals surface area contributed by atoms with E-state index in [1.807, 2.05) is 6.07 Å². The van der Waals surface area contributed by atoms with Crippen LogP contribution in [0.3, 0.4) is 0 Å². The van der Waals surface area contributed by atoms with E-state index in [1.54, 1.807) is 4.90 Å². The molecule has 19 heavy (non-hydrogen) atoms. The zero-order valence-corrected chi connectivity index (χ0v) is 12.3. The fourth-order valence-corrected chi connectivity index (χ4v) is 2.24. The van der Waals surface area contributed by atoms with E-state index >= 15 is 0 Å².